The molecule has 0 saturated heterocycles. The van der Waals surface area contributed by atoms with E-state index >= 15 is 0 Å². The first-order chi connectivity index (χ1) is 9.36. The molecule has 0 fully saturated rings. The lowest BCUT2D eigenvalue weighted by Crippen LogP contribution is -2.15. The van der Waals surface area contributed by atoms with Crippen molar-refractivity contribution in [1.82, 2.24) is 4.57 Å². The molecule has 102 valence electrons. The summed E-state index contributed by atoms with van der Waals surface area (Å²) < 4.78 is 2.55. The van der Waals surface area contributed by atoms with E-state index < -0.39 is 0 Å². The van der Waals surface area contributed by atoms with Crippen molar-refractivity contribution < 1.29 is 0 Å². The van der Waals surface area contributed by atoms with E-state index in [-0.39, 0.29) is 0 Å². The second-order valence-electron chi connectivity index (χ2n) is 5.22. The number of para-hydroxylation sites is 1. The summed E-state index contributed by atoms with van der Waals surface area (Å²) in [6.45, 7) is 4.16. The molecule has 3 heteroatoms. The predicted octanol–water partition coefficient (Wildman–Crippen LogP) is 3.73. The van der Waals surface area contributed by atoms with Gasteiger partial charge in [-0.25, -0.2) is 0 Å². The highest BCUT2D eigenvalue weighted by Gasteiger charge is 2.27. The number of hydrogen-bond acceptors (Lipinski definition) is 2. The fourth-order valence-electron chi connectivity index (χ4n) is 3.24. The maximum Gasteiger partial charge on any atom is 0.0485 e. The van der Waals surface area contributed by atoms with Crippen LogP contribution in [0.2, 0.25) is 0 Å². The van der Waals surface area contributed by atoms with Crippen LogP contribution in [-0.4, -0.2) is 16.9 Å². The van der Waals surface area contributed by atoms with Gasteiger partial charge in [-0.2, -0.15) is 11.8 Å². The molecule has 2 heterocycles. The Balaban J connectivity index is 2.21. The number of thioether (sulfide) groups is 1. The Morgan fingerprint density at radius 2 is 2.21 bits per heavy atom. The highest BCUT2D eigenvalue weighted by atomic mass is 32.2. The van der Waals surface area contributed by atoms with Gasteiger partial charge in [-0.1, -0.05) is 25.1 Å². The number of hydrogen-bond donors (Lipinski definition) is 1. The minimum Gasteiger partial charge on any atom is -0.343 e. The number of nitrogens with two attached hydrogens (primary N) is 1. The first-order valence-electron chi connectivity index (χ1n) is 7.28. The van der Waals surface area contributed by atoms with Gasteiger partial charge in [-0.15, -0.1) is 0 Å². The van der Waals surface area contributed by atoms with Gasteiger partial charge in [0, 0.05) is 28.4 Å². The molecule has 0 saturated carbocycles. The van der Waals surface area contributed by atoms with Crippen LogP contribution in [0.5, 0.6) is 0 Å². The summed E-state index contributed by atoms with van der Waals surface area (Å²) in [5, 5.41) is 2.06. The molecule has 1 aromatic heterocycles. The van der Waals surface area contributed by atoms with Crippen molar-refractivity contribution in [2.75, 3.05) is 12.3 Å². The maximum absolute atomic E-state index is 5.81. The number of benzene rings is 1. The summed E-state index contributed by atoms with van der Waals surface area (Å²) in [6, 6.07) is 8.88. The third-order valence-electron chi connectivity index (χ3n) is 3.97. The van der Waals surface area contributed by atoms with Gasteiger partial charge in [-0.05, 0) is 43.2 Å². The first kappa shape index (κ1) is 13.1. The molecule has 1 unspecified atom stereocenters. The zero-order valence-electron chi connectivity index (χ0n) is 11.6. The normalized spacial score (nSPS) is 18.7. The maximum atomic E-state index is 5.81. The van der Waals surface area contributed by atoms with Crippen LogP contribution in [0.25, 0.3) is 10.9 Å². The number of aryl methyl sites for hydroxylation is 2. The Hall–Kier alpha value is -0.930. The fraction of sp³-hybridized carbons (Fsp3) is 0.500. The minimum atomic E-state index is 0.590. The van der Waals surface area contributed by atoms with E-state index in [2.05, 4.69) is 47.5 Å². The summed E-state index contributed by atoms with van der Waals surface area (Å²) >= 11 is 2.08. The molecule has 2 N–H and O–H groups in total. The zero-order valence-corrected chi connectivity index (χ0v) is 12.4. The van der Waals surface area contributed by atoms with Crippen molar-refractivity contribution in [1.29, 1.82) is 0 Å². The number of fused-ring (bicyclic) bond motifs is 3. The average Bonchev–Trinajstić information content (AvgIpc) is 2.76. The summed E-state index contributed by atoms with van der Waals surface area (Å²) in [4.78, 5) is 0. The number of aromatic nitrogens is 1. The molecule has 1 atom stereocenters. The van der Waals surface area contributed by atoms with Crippen LogP contribution in [0.3, 0.4) is 0 Å². The molecule has 3 rings (SSSR count). The van der Waals surface area contributed by atoms with Crippen LogP contribution in [0.15, 0.2) is 24.3 Å². The van der Waals surface area contributed by atoms with E-state index in [1.165, 1.54) is 29.5 Å². The SMILES string of the molecule is CCCn1c2c(c3ccccc31)CCSC2CCN. The molecule has 1 aromatic carbocycles. The van der Waals surface area contributed by atoms with Gasteiger partial charge in [0.05, 0.1) is 0 Å². The van der Waals surface area contributed by atoms with E-state index in [1.807, 2.05) is 0 Å². The molecular formula is C16H22N2S. The van der Waals surface area contributed by atoms with E-state index in [9.17, 15) is 0 Å². The Bertz CT molecular complexity index is 573. The second-order valence-corrected chi connectivity index (χ2v) is 6.53. The van der Waals surface area contributed by atoms with Crippen LogP contribution in [0.4, 0.5) is 0 Å². The molecule has 0 spiro atoms. The molecule has 0 radical (unpaired) electrons. The largest absolute Gasteiger partial charge is 0.343 e. The molecule has 1 aliphatic heterocycles. The summed E-state index contributed by atoms with van der Waals surface area (Å²) in [5.41, 5.74) is 10.4. The van der Waals surface area contributed by atoms with Gasteiger partial charge >= 0.3 is 0 Å². The van der Waals surface area contributed by atoms with Gasteiger partial charge < -0.3 is 10.3 Å². The van der Waals surface area contributed by atoms with Gasteiger partial charge in [0.1, 0.15) is 0 Å². The van der Waals surface area contributed by atoms with E-state index in [4.69, 9.17) is 5.73 Å². The molecule has 19 heavy (non-hydrogen) atoms. The van der Waals surface area contributed by atoms with Gasteiger partial charge in [0.25, 0.3) is 0 Å². The standard InChI is InChI=1S/C16H22N2S/c1-2-10-18-14-6-4-3-5-12(14)13-8-11-19-15(7-9-17)16(13)18/h3-6,15H,2,7-11,17H2,1H3. The summed E-state index contributed by atoms with van der Waals surface area (Å²) in [7, 11) is 0. The van der Waals surface area contributed by atoms with Crippen molar-refractivity contribution in [3.8, 4) is 0 Å². The number of nitrogens with zero attached hydrogens (tertiary/aromatic N) is 1. The van der Waals surface area contributed by atoms with Crippen LogP contribution in [0.1, 0.15) is 36.3 Å². The van der Waals surface area contributed by atoms with Crippen LogP contribution in [-0.2, 0) is 13.0 Å². The zero-order chi connectivity index (χ0) is 13.2. The quantitative estimate of drug-likeness (QED) is 0.921. The van der Waals surface area contributed by atoms with Crippen molar-refractivity contribution in [3.05, 3.63) is 35.5 Å². The molecule has 2 nitrogen and oxygen atoms in total. The van der Waals surface area contributed by atoms with E-state index in [0.29, 0.717) is 5.25 Å². The topological polar surface area (TPSA) is 30.9 Å². The Kier molecular flexibility index (Phi) is 3.85. The lowest BCUT2D eigenvalue weighted by molar-refractivity contribution is 0.640. The highest BCUT2D eigenvalue weighted by molar-refractivity contribution is 7.99. The summed E-state index contributed by atoms with van der Waals surface area (Å²) in [5.74, 6) is 1.23. The smallest absolute Gasteiger partial charge is 0.0485 e. The Morgan fingerprint density at radius 1 is 1.37 bits per heavy atom. The molecule has 0 aliphatic carbocycles. The number of rotatable bonds is 4. The van der Waals surface area contributed by atoms with Crippen LogP contribution >= 0.6 is 11.8 Å². The molecule has 2 aromatic rings. The monoisotopic (exact) mass is 274 g/mol. The third kappa shape index (κ3) is 2.19. The molecule has 0 amide bonds. The van der Waals surface area contributed by atoms with Crippen LogP contribution < -0.4 is 5.73 Å². The highest BCUT2D eigenvalue weighted by Crippen LogP contribution is 2.43. The van der Waals surface area contributed by atoms with Crippen molar-refractivity contribution in [3.63, 3.8) is 0 Å². The fourth-order valence-corrected chi connectivity index (χ4v) is 4.58. The Labute approximate surface area is 119 Å². The third-order valence-corrected chi connectivity index (χ3v) is 5.27. The van der Waals surface area contributed by atoms with Gasteiger partial charge in [0.2, 0.25) is 0 Å². The lowest BCUT2D eigenvalue weighted by atomic mass is 10.0. The lowest BCUT2D eigenvalue weighted by Gasteiger charge is -2.25. The van der Waals surface area contributed by atoms with Gasteiger partial charge in [-0.3, -0.25) is 0 Å². The van der Waals surface area contributed by atoms with Crippen molar-refractivity contribution >= 4 is 22.7 Å². The second kappa shape index (κ2) is 5.59. The first-order valence-corrected chi connectivity index (χ1v) is 8.33. The van der Waals surface area contributed by atoms with E-state index in [0.717, 1.165) is 19.5 Å². The van der Waals surface area contributed by atoms with Crippen LogP contribution in [0, 0.1) is 0 Å². The predicted molar refractivity (Wildman–Crippen MR) is 84.8 cm³/mol. The van der Waals surface area contributed by atoms with Crippen molar-refractivity contribution in [2.45, 2.75) is 38.0 Å². The molecular weight excluding hydrogens is 252 g/mol. The molecule has 0 bridgehead atoms. The van der Waals surface area contributed by atoms with Gasteiger partial charge in [0.15, 0.2) is 0 Å². The molecule has 1 aliphatic rings. The van der Waals surface area contributed by atoms with E-state index in [1.54, 1.807) is 11.3 Å². The average molecular weight is 274 g/mol. The minimum absolute atomic E-state index is 0.590. The summed E-state index contributed by atoms with van der Waals surface area (Å²) in [6.07, 6.45) is 3.49. The van der Waals surface area contributed by atoms with Crippen molar-refractivity contribution in [2.24, 2.45) is 5.73 Å². The Morgan fingerprint density at radius 3 is 3.00 bits per heavy atom.